The van der Waals surface area contributed by atoms with Gasteiger partial charge in [0.25, 0.3) is 10.9 Å². The number of hydrogen-bond acceptors (Lipinski definition) is 6. The summed E-state index contributed by atoms with van der Waals surface area (Å²) < 4.78 is 5.30. The fourth-order valence-electron chi connectivity index (χ4n) is 2.87. The number of imidazole rings is 1. The van der Waals surface area contributed by atoms with Crippen LogP contribution in [-0.2, 0) is 6.54 Å². The summed E-state index contributed by atoms with van der Waals surface area (Å²) in [5, 5.41) is 6.05. The standard InChI is InChI=1S/C19H16N4O3/c1-26-15-5-3-2-4-11(15)9-20-16-17(19(25)18(16)24)23-12-6-7-13-14(8-12)22-10-21-13/h2-8,10,20,23H,9H2,1H3,(H,21,22). The van der Waals surface area contributed by atoms with Crippen molar-refractivity contribution in [3.05, 3.63) is 74.8 Å². The minimum atomic E-state index is -0.533. The van der Waals surface area contributed by atoms with Crippen LogP contribution in [0.2, 0.25) is 0 Å². The highest BCUT2D eigenvalue weighted by Gasteiger charge is 2.21. The Balaban J connectivity index is 1.56. The van der Waals surface area contributed by atoms with E-state index in [2.05, 4.69) is 20.6 Å². The van der Waals surface area contributed by atoms with E-state index >= 15 is 0 Å². The average molecular weight is 348 g/mol. The van der Waals surface area contributed by atoms with Crippen molar-refractivity contribution in [1.29, 1.82) is 0 Å². The molecule has 0 amide bonds. The maximum absolute atomic E-state index is 12.0. The molecule has 130 valence electrons. The lowest BCUT2D eigenvalue weighted by Gasteiger charge is -2.16. The fourth-order valence-corrected chi connectivity index (χ4v) is 2.87. The Kier molecular flexibility index (Phi) is 3.89. The molecule has 0 unspecified atom stereocenters. The van der Waals surface area contributed by atoms with Crippen molar-refractivity contribution in [2.24, 2.45) is 0 Å². The predicted molar refractivity (Wildman–Crippen MR) is 101 cm³/mol. The Bertz CT molecular complexity index is 1160. The summed E-state index contributed by atoms with van der Waals surface area (Å²) in [6, 6.07) is 13.0. The minimum Gasteiger partial charge on any atom is -0.496 e. The summed E-state index contributed by atoms with van der Waals surface area (Å²) in [7, 11) is 1.59. The molecule has 0 saturated heterocycles. The second kappa shape index (κ2) is 6.36. The van der Waals surface area contributed by atoms with Gasteiger partial charge in [-0.25, -0.2) is 4.98 Å². The zero-order valence-corrected chi connectivity index (χ0v) is 14.0. The molecule has 3 aromatic carbocycles. The average Bonchev–Trinajstić information content (AvgIpc) is 3.15. The summed E-state index contributed by atoms with van der Waals surface area (Å²) in [6.45, 7) is 0.377. The van der Waals surface area contributed by atoms with Crippen molar-refractivity contribution in [3.8, 4) is 5.75 Å². The molecule has 0 spiro atoms. The van der Waals surface area contributed by atoms with Crippen LogP contribution in [0.5, 0.6) is 5.75 Å². The first kappa shape index (κ1) is 15.9. The zero-order valence-electron chi connectivity index (χ0n) is 14.0. The van der Waals surface area contributed by atoms with E-state index in [4.69, 9.17) is 4.74 Å². The van der Waals surface area contributed by atoms with E-state index < -0.39 is 10.9 Å². The molecule has 1 aromatic heterocycles. The molecular formula is C19H16N4O3. The highest BCUT2D eigenvalue weighted by molar-refractivity contribution is 5.84. The minimum absolute atomic E-state index is 0.264. The van der Waals surface area contributed by atoms with Gasteiger partial charge in [0.1, 0.15) is 17.1 Å². The van der Waals surface area contributed by atoms with Gasteiger partial charge in [0.05, 0.1) is 24.5 Å². The highest BCUT2D eigenvalue weighted by Crippen LogP contribution is 2.25. The van der Waals surface area contributed by atoms with Crippen LogP contribution in [0, 0.1) is 0 Å². The molecule has 26 heavy (non-hydrogen) atoms. The van der Waals surface area contributed by atoms with Gasteiger partial charge >= 0.3 is 0 Å². The summed E-state index contributed by atoms with van der Waals surface area (Å²) in [5.41, 5.74) is 2.75. The normalized spacial score (nSPS) is 11.0. The number of nitrogens with zero attached hydrogens (tertiary/aromatic N) is 1. The maximum atomic E-state index is 12.0. The van der Waals surface area contributed by atoms with Crippen LogP contribution >= 0.6 is 0 Å². The summed E-state index contributed by atoms with van der Waals surface area (Å²) in [4.78, 5) is 31.1. The summed E-state index contributed by atoms with van der Waals surface area (Å²) in [5.74, 6) is 0.720. The van der Waals surface area contributed by atoms with E-state index in [1.54, 1.807) is 13.4 Å². The summed E-state index contributed by atoms with van der Waals surface area (Å²) >= 11 is 0. The van der Waals surface area contributed by atoms with Crippen molar-refractivity contribution < 1.29 is 4.74 Å². The molecular weight excluding hydrogens is 332 g/mol. The molecule has 4 aromatic rings. The molecule has 0 aliphatic carbocycles. The van der Waals surface area contributed by atoms with E-state index in [0.29, 0.717) is 12.2 Å². The number of anilines is 3. The fraction of sp³-hybridized carbons (Fsp3) is 0.105. The lowest BCUT2D eigenvalue weighted by molar-refractivity contribution is 0.410. The van der Waals surface area contributed by atoms with Crippen LogP contribution < -0.4 is 26.2 Å². The first-order chi connectivity index (χ1) is 12.7. The number of aromatic nitrogens is 2. The van der Waals surface area contributed by atoms with Crippen LogP contribution in [0.3, 0.4) is 0 Å². The smallest absolute Gasteiger partial charge is 0.253 e. The molecule has 0 aliphatic rings. The largest absolute Gasteiger partial charge is 0.496 e. The van der Waals surface area contributed by atoms with E-state index in [0.717, 1.165) is 22.3 Å². The molecule has 7 heteroatoms. The lowest BCUT2D eigenvalue weighted by atomic mass is 10.1. The summed E-state index contributed by atoms with van der Waals surface area (Å²) in [6.07, 6.45) is 1.60. The number of methoxy groups -OCH3 is 1. The second-order valence-electron chi connectivity index (χ2n) is 5.83. The molecule has 0 radical (unpaired) electrons. The Labute approximate surface area is 148 Å². The van der Waals surface area contributed by atoms with Crippen molar-refractivity contribution in [3.63, 3.8) is 0 Å². The van der Waals surface area contributed by atoms with Gasteiger partial charge < -0.3 is 20.4 Å². The van der Waals surface area contributed by atoms with Gasteiger partial charge in [-0.2, -0.15) is 0 Å². The molecule has 0 atom stereocenters. The first-order valence-electron chi connectivity index (χ1n) is 8.06. The van der Waals surface area contributed by atoms with Gasteiger partial charge in [0, 0.05) is 17.8 Å². The number of H-pyrrole nitrogens is 1. The van der Waals surface area contributed by atoms with Gasteiger partial charge in [-0.15, -0.1) is 0 Å². The molecule has 0 fully saturated rings. The Morgan fingerprint density at radius 3 is 2.73 bits per heavy atom. The quantitative estimate of drug-likeness (QED) is 0.463. The molecule has 0 saturated carbocycles. The van der Waals surface area contributed by atoms with Gasteiger partial charge in [-0.05, 0) is 24.3 Å². The molecule has 1 heterocycles. The van der Waals surface area contributed by atoms with E-state index in [1.165, 1.54) is 0 Å². The van der Waals surface area contributed by atoms with Crippen LogP contribution in [0.25, 0.3) is 11.0 Å². The van der Waals surface area contributed by atoms with Gasteiger partial charge in [-0.3, -0.25) is 9.59 Å². The number of fused-ring (bicyclic) bond motifs is 1. The third kappa shape index (κ3) is 2.69. The van der Waals surface area contributed by atoms with E-state index in [9.17, 15) is 9.59 Å². The van der Waals surface area contributed by atoms with Crippen molar-refractivity contribution >= 4 is 28.1 Å². The number of para-hydroxylation sites is 1. The van der Waals surface area contributed by atoms with E-state index in [1.807, 2.05) is 42.5 Å². The third-order valence-corrected chi connectivity index (χ3v) is 4.25. The van der Waals surface area contributed by atoms with Crippen LogP contribution in [0.15, 0.2) is 58.4 Å². The molecule has 0 bridgehead atoms. The number of benzene rings is 2. The van der Waals surface area contributed by atoms with E-state index in [-0.39, 0.29) is 11.4 Å². The van der Waals surface area contributed by atoms with Crippen molar-refractivity contribution in [2.75, 3.05) is 17.7 Å². The Morgan fingerprint density at radius 1 is 1.08 bits per heavy atom. The van der Waals surface area contributed by atoms with Crippen LogP contribution in [0.1, 0.15) is 5.56 Å². The zero-order chi connectivity index (χ0) is 18.1. The van der Waals surface area contributed by atoms with Gasteiger partial charge in [0.15, 0.2) is 0 Å². The molecule has 0 aliphatic heterocycles. The van der Waals surface area contributed by atoms with Crippen LogP contribution in [0.4, 0.5) is 17.1 Å². The van der Waals surface area contributed by atoms with Crippen molar-refractivity contribution in [1.82, 2.24) is 9.97 Å². The third-order valence-electron chi connectivity index (χ3n) is 4.25. The number of hydrogen-bond donors (Lipinski definition) is 3. The number of nitrogens with one attached hydrogen (secondary N) is 3. The monoisotopic (exact) mass is 348 g/mol. The highest BCUT2D eigenvalue weighted by atomic mass is 16.5. The van der Waals surface area contributed by atoms with Crippen LogP contribution in [-0.4, -0.2) is 17.1 Å². The van der Waals surface area contributed by atoms with Gasteiger partial charge in [-0.1, -0.05) is 18.2 Å². The molecule has 7 nitrogen and oxygen atoms in total. The maximum Gasteiger partial charge on any atom is 0.253 e. The SMILES string of the molecule is COc1ccccc1CNc1c(Nc2ccc3[nH]cnc3c2)c(=O)c1=O. The lowest BCUT2D eigenvalue weighted by Crippen LogP contribution is -2.36. The first-order valence-corrected chi connectivity index (χ1v) is 8.06. The number of rotatable bonds is 6. The second-order valence-corrected chi connectivity index (χ2v) is 5.83. The predicted octanol–water partition coefficient (Wildman–Crippen LogP) is 2.52. The molecule has 3 N–H and O–H groups in total. The topological polar surface area (TPSA) is 96.1 Å². The number of ether oxygens (including phenoxy) is 1. The Hall–Kier alpha value is -3.61. The number of aromatic amines is 1. The van der Waals surface area contributed by atoms with Gasteiger partial charge in [0.2, 0.25) is 0 Å². The van der Waals surface area contributed by atoms with Crippen molar-refractivity contribution in [2.45, 2.75) is 6.54 Å². The Morgan fingerprint density at radius 2 is 1.88 bits per heavy atom. The molecule has 4 rings (SSSR count).